The average molecular weight is 1190 g/mol. The Labute approximate surface area is 513 Å². The van der Waals surface area contributed by atoms with Crippen molar-refractivity contribution in [1.82, 2.24) is 0 Å². The highest BCUT2D eigenvalue weighted by Gasteiger charge is 2.28. The summed E-state index contributed by atoms with van der Waals surface area (Å²) in [4.78, 5) is 48.8. The van der Waals surface area contributed by atoms with Crippen molar-refractivity contribution in [3.8, 4) is 0 Å². The number of carbonyl (C=O) groups is 3. The Morgan fingerprint density at radius 1 is 0.345 bits per heavy atom. The summed E-state index contributed by atoms with van der Waals surface area (Å²) in [6, 6.07) is 0. The minimum absolute atomic E-state index is 0.0378. The van der Waals surface area contributed by atoms with Crippen LogP contribution >= 0.6 is 7.82 Å². The second-order valence-electron chi connectivity index (χ2n) is 21.9. The summed E-state index contributed by atoms with van der Waals surface area (Å²) in [7, 11) is -4.79. The number of ether oxygens (including phenoxy) is 3. The maximum absolute atomic E-state index is 13.0. The van der Waals surface area contributed by atoms with Crippen LogP contribution in [-0.4, -0.2) is 66.5 Å². The van der Waals surface area contributed by atoms with Gasteiger partial charge in [-0.05, 0) is 96.3 Å². The number of aliphatic hydroxyl groups excluding tert-OH is 1. The SMILES string of the molecule is CC/C=C\C/C=C\C/C=C\C/C=C\C/C=C\C/C=C\CCC(=O)OC(COC(=O)CCCCCCCCCCCCCCCCCCCCC)COP(=O)(O)OCC(CO)OC(=O)CCCCCCCC/C=C\C/C=C\C/C=C\C/C=C\CC. The molecule has 11 nitrogen and oxygen atoms in total. The molecule has 0 aromatic carbocycles. The highest BCUT2D eigenvalue weighted by Crippen LogP contribution is 2.43. The molecule has 0 aliphatic rings. The van der Waals surface area contributed by atoms with Gasteiger partial charge in [0, 0.05) is 19.3 Å². The van der Waals surface area contributed by atoms with Gasteiger partial charge in [-0.1, -0.05) is 284 Å². The number of phosphoric ester groups is 1. The standard InChI is InChI=1S/C72H121O11P/c1-4-7-10-13-16-19-22-25-28-31-34-37-40-43-46-49-52-55-58-61-70(74)79-65-69(83-72(76)63-60-57-54-51-48-45-42-39-36-33-30-27-24-21-18-15-12-9-6-3)67-81-84(77,78)80-66-68(64-73)82-71(75)62-59-56-53-50-47-44-41-38-35-32-29-26-23-20-17-14-11-8-5-2/h8-9,11-12,17-18,20-21,26-27,29-30,35-36,38-39,45,48,54,57,68-69,73H,4-7,10,13-16,19,22-25,28,31-34,37,40-44,46-47,49-53,55-56,58-67H2,1-3H3,(H,77,78)/b11-8-,12-9-,20-17-,21-18-,29-26-,30-27-,38-35-,39-36-,48-45-,57-54-. The zero-order chi connectivity index (χ0) is 61.2. The van der Waals surface area contributed by atoms with Crippen LogP contribution in [0.2, 0.25) is 0 Å². The number of carbonyl (C=O) groups excluding carboxylic acids is 3. The highest BCUT2D eigenvalue weighted by atomic mass is 31.2. The van der Waals surface area contributed by atoms with E-state index in [1.165, 1.54) is 96.3 Å². The number of hydrogen-bond donors (Lipinski definition) is 2. The normalized spacial score (nSPS) is 14.0. The number of unbranched alkanes of at least 4 members (excludes halogenated alkanes) is 24. The first-order valence-corrected chi connectivity index (χ1v) is 34.9. The summed E-state index contributed by atoms with van der Waals surface area (Å²) >= 11 is 0. The molecule has 0 radical (unpaired) electrons. The van der Waals surface area contributed by atoms with Gasteiger partial charge < -0.3 is 24.2 Å². The van der Waals surface area contributed by atoms with E-state index in [-0.39, 0.29) is 25.9 Å². The lowest BCUT2D eigenvalue weighted by atomic mass is 10.0. The Kier molecular flexibility index (Phi) is 61.7. The third-order valence-electron chi connectivity index (χ3n) is 13.9. The Morgan fingerprint density at radius 2 is 0.643 bits per heavy atom. The molecule has 0 rings (SSSR count). The summed E-state index contributed by atoms with van der Waals surface area (Å²) in [6.45, 7) is 4.36. The minimum atomic E-state index is -4.79. The molecular weight excluding hydrogens is 1070 g/mol. The molecule has 0 heterocycles. The summed E-state index contributed by atoms with van der Waals surface area (Å²) in [5, 5.41) is 9.87. The average Bonchev–Trinajstić information content (AvgIpc) is 3.53. The molecule has 3 atom stereocenters. The van der Waals surface area contributed by atoms with Gasteiger partial charge in [-0.15, -0.1) is 0 Å². The fraction of sp³-hybridized carbons (Fsp3) is 0.681. The first-order chi connectivity index (χ1) is 41.2. The lowest BCUT2D eigenvalue weighted by Crippen LogP contribution is -2.30. The second kappa shape index (κ2) is 64.9. The molecule has 0 aromatic heterocycles. The summed E-state index contributed by atoms with van der Waals surface area (Å²) in [6.07, 6.45) is 81.7. The summed E-state index contributed by atoms with van der Waals surface area (Å²) in [5.74, 6) is -1.58. The molecule has 0 bridgehead atoms. The van der Waals surface area contributed by atoms with Crippen molar-refractivity contribution in [3.63, 3.8) is 0 Å². The zero-order valence-electron chi connectivity index (χ0n) is 53.3. The topological polar surface area (TPSA) is 155 Å². The smallest absolute Gasteiger partial charge is 0.462 e. The highest BCUT2D eigenvalue weighted by molar-refractivity contribution is 7.47. The fourth-order valence-corrected chi connectivity index (χ4v) is 9.69. The molecule has 0 aliphatic heterocycles. The molecule has 0 saturated carbocycles. The van der Waals surface area contributed by atoms with Crippen LogP contribution in [0.5, 0.6) is 0 Å². The van der Waals surface area contributed by atoms with Gasteiger partial charge in [0.2, 0.25) is 0 Å². The quantitative estimate of drug-likeness (QED) is 0.0197. The molecule has 0 saturated heterocycles. The molecular formula is C72H121O11P. The Hall–Kier alpha value is -4.12. The van der Waals surface area contributed by atoms with Gasteiger partial charge in [0.25, 0.3) is 0 Å². The lowest BCUT2D eigenvalue weighted by Gasteiger charge is -2.21. The number of esters is 3. The third-order valence-corrected chi connectivity index (χ3v) is 14.8. The van der Waals surface area contributed by atoms with Crippen molar-refractivity contribution in [2.75, 3.05) is 26.4 Å². The summed E-state index contributed by atoms with van der Waals surface area (Å²) in [5.41, 5.74) is 0. The van der Waals surface area contributed by atoms with E-state index >= 15 is 0 Å². The first kappa shape index (κ1) is 79.9. The van der Waals surface area contributed by atoms with Gasteiger partial charge in [-0.2, -0.15) is 0 Å². The van der Waals surface area contributed by atoms with Crippen LogP contribution in [-0.2, 0) is 42.2 Å². The van der Waals surface area contributed by atoms with E-state index < -0.39 is 57.8 Å². The molecule has 12 heteroatoms. The number of hydrogen-bond acceptors (Lipinski definition) is 10. The van der Waals surface area contributed by atoms with Crippen molar-refractivity contribution < 1.29 is 52.2 Å². The van der Waals surface area contributed by atoms with Gasteiger partial charge in [0.1, 0.15) is 12.7 Å². The predicted octanol–water partition coefficient (Wildman–Crippen LogP) is 20.7. The number of allylic oxidation sites excluding steroid dienone is 20. The monoisotopic (exact) mass is 1190 g/mol. The van der Waals surface area contributed by atoms with Crippen LogP contribution in [0.4, 0.5) is 0 Å². The number of aliphatic hydroxyl groups is 1. The van der Waals surface area contributed by atoms with Crippen molar-refractivity contribution in [2.24, 2.45) is 0 Å². The molecule has 0 fully saturated rings. The van der Waals surface area contributed by atoms with Crippen molar-refractivity contribution in [2.45, 2.75) is 290 Å². The molecule has 0 aliphatic carbocycles. The van der Waals surface area contributed by atoms with Crippen LogP contribution in [0.25, 0.3) is 0 Å². The van der Waals surface area contributed by atoms with E-state index in [0.717, 1.165) is 116 Å². The molecule has 84 heavy (non-hydrogen) atoms. The first-order valence-electron chi connectivity index (χ1n) is 33.4. The maximum Gasteiger partial charge on any atom is 0.472 e. The molecule has 2 N–H and O–H groups in total. The van der Waals surface area contributed by atoms with Crippen LogP contribution in [0.15, 0.2) is 122 Å². The van der Waals surface area contributed by atoms with Crippen LogP contribution < -0.4 is 0 Å². The fourth-order valence-electron chi connectivity index (χ4n) is 8.90. The van der Waals surface area contributed by atoms with Gasteiger partial charge >= 0.3 is 25.7 Å². The third kappa shape index (κ3) is 62.4. The van der Waals surface area contributed by atoms with E-state index in [1.807, 2.05) is 12.2 Å². The van der Waals surface area contributed by atoms with E-state index in [0.29, 0.717) is 25.7 Å². The van der Waals surface area contributed by atoms with E-state index in [2.05, 4.69) is 130 Å². The zero-order valence-corrected chi connectivity index (χ0v) is 54.2. The number of phosphoric acid groups is 1. The predicted molar refractivity (Wildman–Crippen MR) is 353 cm³/mol. The molecule has 480 valence electrons. The maximum atomic E-state index is 13.0. The van der Waals surface area contributed by atoms with Gasteiger partial charge in [-0.25, -0.2) is 4.57 Å². The van der Waals surface area contributed by atoms with Crippen LogP contribution in [0.3, 0.4) is 0 Å². The Balaban J connectivity index is 4.79. The Morgan fingerprint density at radius 3 is 1.02 bits per heavy atom. The van der Waals surface area contributed by atoms with E-state index in [1.54, 1.807) is 0 Å². The van der Waals surface area contributed by atoms with Crippen molar-refractivity contribution in [3.05, 3.63) is 122 Å². The summed E-state index contributed by atoms with van der Waals surface area (Å²) < 4.78 is 39.6. The van der Waals surface area contributed by atoms with Crippen molar-refractivity contribution >= 4 is 25.7 Å². The largest absolute Gasteiger partial charge is 0.472 e. The minimum Gasteiger partial charge on any atom is -0.462 e. The number of rotatable bonds is 61. The van der Waals surface area contributed by atoms with Crippen molar-refractivity contribution in [1.29, 1.82) is 0 Å². The lowest BCUT2D eigenvalue weighted by molar-refractivity contribution is -0.161. The molecule has 0 spiro atoms. The van der Waals surface area contributed by atoms with Crippen LogP contribution in [0.1, 0.15) is 278 Å². The van der Waals surface area contributed by atoms with Gasteiger partial charge in [-0.3, -0.25) is 23.4 Å². The molecule has 0 amide bonds. The Bertz CT molecular complexity index is 1870. The molecule has 0 aromatic rings. The molecule has 3 unspecified atom stereocenters. The van der Waals surface area contributed by atoms with Gasteiger partial charge in [0.05, 0.1) is 19.8 Å². The van der Waals surface area contributed by atoms with Gasteiger partial charge in [0.15, 0.2) is 6.10 Å². The second-order valence-corrected chi connectivity index (χ2v) is 23.3. The van der Waals surface area contributed by atoms with Crippen LogP contribution in [0, 0.1) is 0 Å². The van der Waals surface area contributed by atoms with E-state index in [9.17, 15) is 28.9 Å². The van der Waals surface area contributed by atoms with E-state index in [4.69, 9.17) is 23.3 Å².